The van der Waals surface area contributed by atoms with Gasteiger partial charge in [-0.1, -0.05) is 0 Å². The van der Waals surface area contributed by atoms with Crippen LogP contribution in [0.2, 0.25) is 8.87 Å². The summed E-state index contributed by atoms with van der Waals surface area (Å²) >= 11 is -1.01. The average Bonchev–Trinajstić information content (AvgIpc) is 2.05. The molecule has 0 spiro atoms. The van der Waals surface area contributed by atoms with Gasteiger partial charge in [0.15, 0.2) is 0 Å². The Kier molecular flexibility index (Phi) is 9.06. The molecule has 1 heteroatoms. The molecule has 11 heavy (non-hydrogen) atoms. The van der Waals surface area contributed by atoms with Gasteiger partial charge >= 0.3 is 78.8 Å². The van der Waals surface area contributed by atoms with Gasteiger partial charge in [-0.2, -0.15) is 0 Å². The second kappa shape index (κ2) is 8.63. The van der Waals surface area contributed by atoms with Crippen LogP contribution in [0.4, 0.5) is 0 Å². The molecule has 0 aliphatic rings. The van der Waals surface area contributed by atoms with E-state index in [0.717, 1.165) is 0 Å². The molecule has 0 aromatic carbocycles. The van der Waals surface area contributed by atoms with Crippen molar-refractivity contribution < 1.29 is 0 Å². The molecule has 0 aromatic heterocycles. The molecular weight excluding hydrogens is 239 g/mol. The molecule has 0 aromatic rings. The maximum absolute atomic E-state index is 3.95. The van der Waals surface area contributed by atoms with Gasteiger partial charge in [-0.3, -0.25) is 0 Å². The van der Waals surface area contributed by atoms with Crippen molar-refractivity contribution in [1.82, 2.24) is 0 Å². The van der Waals surface area contributed by atoms with E-state index in [0.29, 0.717) is 0 Å². The first kappa shape index (κ1) is 11.5. The molecule has 0 aliphatic heterocycles. The van der Waals surface area contributed by atoms with Crippen LogP contribution in [0.5, 0.6) is 0 Å². The molecule has 0 aliphatic carbocycles. The van der Waals surface area contributed by atoms with E-state index >= 15 is 0 Å². The zero-order valence-corrected chi connectivity index (χ0v) is 10.9. The molecule has 0 bridgehead atoms. The Hall–Kier alpha value is 0.539. The van der Waals surface area contributed by atoms with Gasteiger partial charge in [-0.05, 0) is 0 Å². The van der Waals surface area contributed by atoms with Gasteiger partial charge in [0.1, 0.15) is 0 Å². The van der Waals surface area contributed by atoms with Crippen LogP contribution in [0, 0.1) is 0 Å². The van der Waals surface area contributed by atoms with Crippen LogP contribution in [0.1, 0.15) is 39.5 Å². The fraction of sp³-hybridized carbons (Fsp3) is 0.800. The Morgan fingerprint density at radius 3 is 1.82 bits per heavy atom. The molecule has 0 radical (unpaired) electrons. The molecular formula is C10H21Sn+. The average molecular weight is 260 g/mol. The normalized spacial score (nSPS) is 9.64. The molecule has 0 N–H and O–H groups in total. The van der Waals surface area contributed by atoms with Gasteiger partial charge in [0.05, 0.1) is 0 Å². The monoisotopic (exact) mass is 261 g/mol. The van der Waals surface area contributed by atoms with Crippen LogP contribution in [0.15, 0.2) is 10.7 Å². The summed E-state index contributed by atoms with van der Waals surface area (Å²) in [4.78, 5) is 0. The predicted octanol–water partition coefficient (Wildman–Crippen LogP) is 3.81. The summed E-state index contributed by atoms with van der Waals surface area (Å²) < 4.78 is 5.41. The summed E-state index contributed by atoms with van der Waals surface area (Å²) in [6, 6.07) is 0. The molecule has 0 saturated heterocycles. The number of rotatable bonds is 7. The van der Waals surface area contributed by atoms with Gasteiger partial charge in [0.2, 0.25) is 0 Å². The minimum atomic E-state index is -1.01. The Labute approximate surface area is 78.8 Å². The molecule has 0 rings (SSSR count). The molecule has 0 amide bonds. The van der Waals surface area contributed by atoms with Gasteiger partial charge in [0, 0.05) is 0 Å². The molecule has 0 heterocycles. The fourth-order valence-electron chi connectivity index (χ4n) is 1.14. The van der Waals surface area contributed by atoms with Crippen molar-refractivity contribution in [2.24, 2.45) is 0 Å². The second-order valence-electron chi connectivity index (χ2n) is 3.07. The molecule has 0 atom stereocenters. The van der Waals surface area contributed by atoms with Gasteiger partial charge in [-0.25, -0.2) is 0 Å². The van der Waals surface area contributed by atoms with E-state index in [2.05, 4.69) is 24.5 Å². The SMILES string of the molecule is C=[CH][Sn+]([CH2]CCC)[CH2]CCC. The number of unbranched alkanes of at least 4 members (excludes halogenated alkanes) is 2. The predicted molar refractivity (Wildman–Crippen MR) is 55.4 cm³/mol. The standard InChI is InChI=1S/2C4H9.C2H3.Sn/c2*1-3-4-2;1-2;/h2*1,3-4H2,2H3;1H,2H2;/q;;;+1. The summed E-state index contributed by atoms with van der Waals surface area (Å²) in [5, 5.41) is 0. The molecule has 0 nitrogen and oxygen atoms in total. The van der Waals surface area contributed by atoms with Crippen LogP contribution >= 0.6 is 0 Å². The first-order chi connectivity index (χ1) is 5.35. The third-order valence-corrected chi connectivity index (χ3v) is 9.32. The van der Waals surface area contributed by atoms with E-state index in [1.807, 2.05) is 0 Å². The zero-order chi connectivity index (χ0) is 8.53. The number of hydrogen-bond acceptors (Lipinski definition) is 0. The van der Waals surface area contributed by atoms with Gasteiger partial charge < -0.3 is 0 Å². The van der Waals surface area contributed by atoms with E-state index in [9.17, 15) is 0 Å². The van der Waals surface area contributed by atoms with E-state index < -0.39 is 19.8 Å². The summed E-state index contributed by atoms with van der Waals surface area (Å²) in [6.07, 6.45) is 5.63. The van der Waals surface area contributed by atoms with Crippen LogP contribution in [0.3, 0.4) is 0 Å². The van der Waals surface area contributed by atoms with Crippen LogP contribution in [-0.4, -0.2) is 19.8 Å². The van der Waals surface area contributed by atoms with Crippen molar-refractivity contribution in [3.05, 3.63) is 10.7 Å². The Morgan fingerprint density at radius 2 is 1.55 bits per heavy atom. The Morgan fingerprint density at radius 1 is 1.09 bits per heavy atom. The van der Waals surface area contributed by atoms with Crippen molar-refractivity contribution >= 4 is 19.8 Å². The topological polar surface area (TPSA) is 0 Å². The van der Waals surface area contributed by atoms with Gasteiger partial charge in [-0.15, -0.1) is 0 Å². The van der Waals surface area contributed by atoms with E-state index in [-0.39, 0.29) is 0 Å². The van der Waals surface area contributed by atoms with E-state index in [1.165, 1.54) is 25.7 Å². The maximum atomic E-state index is 3.95. The third-order valence-electron chi connectivity index (χ3n) is 1.99. The molecule has 0 fully saturated rings. The molecule has 0 unspecified atom stereocenters. The summed E-state index contributed by atoms with van der Waals surface area (Å²) in [7, 11) is 0. The summed E-state index contributed by atoms with van der Waals surface area (Å²) in [5.74, 6) is 0. The Balaban J connectivity index is 3.33. The van der Waals surface area contributed by atoms with Gasteiger partial charge in [0.25, 0.3) is 0 Å². The molecule has 64 valence electrons. The zero-order valence-electron chi connectivity index (χ0n) is 8.03. The minimum absolute atomic E-state index is 1.01. The second-order valence-corrected chi connectivity index (χ2v) is 10.8. The van der Waals surface area contributed by atoms with E-state index in [4.69, 9.17) is 0 Å². The van der Waals surface area contributed by atoms with Crippen LogP contribution in [-0.2, 0) is 0 Å². The summed E-state index contributed by atoms with van der Waals surface area (Å²) in [6.45, 7) is 8.52. The molecule has 0 saturated carbocycles. The van der Waals surface area contributed by atoms with Crippen molar-refractivity contribution in [1.29, 1.82) is 0 Å². The fourth-order valence-corrected chi connectivity index (χ4v) is 7.63. The Bertz CT molecular complexity index is 80.9. The number of hydrogen-bond donors (Lipinski definition) is 0. The van der Waals surface area contributed by atoms with Crippen molar-refractivity contribution in [2.75, 3.05) is 0 Å². The van der Waals surface area contributed by atoms with Crippen LogP contribution < -0.4 is 0 Å². The third kappa shape index (κ3) is 6.92. The van der Waals surface area contributed by atoms with Crippen molar-refractivity contribution in [3.8, 4) is 0 Å². The van der Waals surface area contributed by atoms with Crippen molar-refractivity contribution in [3.63, 3.8) is 0 Å². The van der Waals surface area contributed by atoms with Crippen LogP contribution in [0.25, 0.3) is 0 Å². The first-order valence-electron chi connectivity index (χ1n) is 4.82. The quantitative estimate of drug-likeness (QED) is 0.610. The first-order valence-corrected chi connectivity index (χ1v) is 10.5. The summed E-state index contributed by atoms with van der Waals surface area (Å²) in [5.41, 5.74) is 0. The van der Waals surface area contributed by atoms with E-state index in [1.54, 1.807) is 8.87 Å². The van der Waals surface area contributed by atoms with Crippen molar-refractivity contribution in [2.45, 2.75) is 48.4 Å².